The van der Waals surface area contributed by atoms with E-state index in [-0.39, 0.29) is 11.1 Å². The van der Waals surface area contributed by atoms with Crippen molar-refractivity contribution in [2.45, 2.75) is 44.3 Å². The zero-order valence-electron chi connectivity index (χ0n) is 16.5. The van der Waals surface area contributed by atoms with E-state index in [1.54, 1.807) is 6.92 Å². The summed E-state index contributed by atoms with van der Waals surface area (Å²) in [6.45, 7) is 1.56. The summed E-state index contributed by atoms with van der Waals surface area (Å²) in [4.78, 5) is 0.306. The Labute approximate surface area is 175 Å². The van der Waals surface area contributed by atoms with Gasteiger partial charge in [0.25, 0.3) is 5.91 Å². The first-order chi connectivity index (χ1) is 14.2. The first kappa shape index (κ1) is 21.8. The molecule has 1 atom stereocenters. The molecule has 1 unspecified atom stereocenters. The number of hydrogen-bond acceptors (Lipinski definition) is 6. The maximum Gasteiger partial charge on any atom is 0.416 e. The van der Waals surface area contributed by atoms with Crippen molar-refractivity contribution in [2.75, 3.05) is 10.2 Å². The van der Waals surface area contributed by atoms with Gasteiger partial charge in [0.15, 0.2) is 0 Å². The first-order valence-corrected chi connectivity index (χ1v) is 9.63. The molecule has 2 aliphatic rings. The lowest BCUT2D eigenvalue weighted by Gasteiger charge is -2.47. The third-order valence-corrected chi connectivity index (χ3v) is 6.57. The summed E-state index contributed by atoms with van der Waals surface area (Å²) in [6.07, 6.45) is -2.77. The van der Waals surface area contributed by atoms with Crippen LogP contribution in [0.1, 0.15) is 31.7 Å². The van der Waals surface area contributed by atoms with Crippen LogP contribution in [0.25, 0.3) is 0 Å². The van der Waals surface area contributed by atoms with Gasteiger partial charge in [-0.1, -0.05) is 19.1 Å². The van der Waals surface area contributed by atoms with Crippen LogP contribution < -0.4 is 10.2 Å². The highest BCUT2D eigenvalue weighted by molar-refractivity contribution is 5.56. The number of rotatable bonds is 6. The van der Waals surface area contributed by atoms with Crippen molar-refractivity contribution in [1.29, 1.82) is 0 Å². The fourth-order valence-electron chi connectivity index (χ4n) is 4.41. The molecule has 0 bridgehead atoms. The number of alkyl halides is 3. The fraction of sp³-hybridized carbons (Fsp3) is 0.429. The molecule has 2 aromatic rings. The minimum Gasteiger partial charge on any atom is -0.348 e. The van der Waals surface area contributed by atoms with Crippen molar-refractivity contribution in [2.24, 2.45) is 10.8 Å². The minimum absolute atomic E-state index is 0.169. The molecule has 4 rings (SSSR count). The van der Waals surface area contributed by atoms with Crippen LogP contribution in [0.3, 0.4) is 0 Å². The van der Waals surface area contributed by atoms with E-state index in [9.17, 15) is 38.0 Å². The number of halogens is 4. The highest BCUT2D eigenvalue weighted by Crippen LogP contribution is 2.81. The first-order valence-electron chi connectivity index (χ1n) is 9.63. The summed E-state index contributed by atoms with van der Waals surface area (Å²) in [7, 11) is 0. The molecule has 1 spiro atoms. The highest BCUT2D eigenvalue weighted by Gasteiger charge is 2.81. The van der Waals surface area contributed by atoms with Gasteiger partial charge in [-0.3, -0.25) is 0 Å². The number of hydrogen-bond donors (Lipinski definition) is 5. The Morgan fingerprint density at radius 3 is 2.00 bits per heavy atom. The lowest BCUT2D eigenvalue weighted by atomic mass is 9.97. The van der Waals surface area contributed by atoms with E-state index in [4.69, 9.17) is 0 Å². The largest absolute Gasteiger partial charge is 0.416 e. The van der Waals surface area contributed by atoms with E-state index >= 15 is 0 Å². The Morgan fingerprint density at radius 2 is 1.52 bits per heavy atom. The van der Waals surface area contributed by atoms with Crippen LogP contribution >= 0.6 is 0 Å². The monoisotopic (exact) mass is 442 g/mol. The van der Waals surface area contributed by atoms with Crippen LogP contribution in [0.4, 0.5) is 28.9 Å². The van der Waals surface area contributed by atoms with E-state index in [0.717, 1.165) is 36.4 Å². The number of anilines is 2. The summed E-state index contributed by atoms with van der Waals surface area (Å²) in [6, 6.07) is 4.92. The zero-order chi connectivity index (χ0) is 22.9. The lowest BCUT2D eigenvalue weighted by molar-refractivity contribution is -0.269. The van der Waals surface area contributed by atoms with Gasteiger partial charge in [0.2, 0.25) is 0 Å². The summed E-state index contributed by atoms with van der Waals surface area (Å²) in [5, 5.41) is 46.0. The highest BCUT2D eigenvalue weighted by atomic mass is 19.4. The Morgan fingerprint density at radius 1 is 0.935 bits per heavy atom. The third-order valence-electron chi connectivity index (χ3n) is 6.57. The van der Waals surface area contributed by atoms with Crippen LogP contribution in [0.15, 0.2) is 48.5 Å². The van der Waals surface area contributed by atoms with Crippen LogP contribution in [0, 0.1) is 16.6 Å². The number of nitrogens with zero attached hydrogens (tertiary/aromatic N) is 1. The van der Waals surface area contributed by atoms with E-state index in [1.807, 2.05) is 0 Å². The summed E-state index contributed by atoms with van der Waals surface area (Å²) in [5.41, 5.74) is -3.20. The van der Waals surface area contributed by atoms with Crippen molar-refractivity contribution in [3.8, 4) is 0 Å². The molecule has 0 aliphatic heterocycles. The minimum atomic E-state index is -4.59. The SMILES string of the molecule is CC1(C(O)(O)N(c2ccccc2F)C(O)(O)Nc2ccc(C(F)(F)F)cc2)CC12CC2. The van der Waals surface area contributed by atoms with Crippen molar-refractivity contribution in [1.82, 2.24) is 0 Å². The molecule has 2 fully saturated rings. The average molecular weight is 442 g/mol. The van der Waals surface area contributed by atoms with Crippen LogP contribution in [0.5, 0.6) is 0 Å². The van der Waals surface area contributed by atoms with Crippen LogP contribution in [-0.2, 0) is 6.18 Å². The molecule has 0 amide bonds. The Hall–Kier alpha value is -2.40. The predicted octanol–water partition coefficient (Wildman–Crippen LogP) is 3.19. The second kappa shape index (κ2) is 6.55. The molecule has 0 saturated heterocycles. The summed E-state index contributed by atoms with van der Waals surface area (Å²) >= 11 is 0. The molecule has 2 saturated carbocycles. The van der Waals surface area contributed by atoms with E-state index in [2.05, 4.69) is 5.32 Å². The van der Waals surface area contributed by atoms with E-state index < -0.39 is 40.6 Å². The van der Waals surface area contributed by atoms with Crippen LogP contribution in [0.2, 0.25) is 0 Å². The van der Waals surface area contributed by atoms with Crippen LogP contribution in [-0.4, -0.2) is 32.4 Å². The zero-order valence-corrected chi connectivity index (χ0v) is 16.5. The number of benzene rings is 2. The van der Waals surface area contributed by atoms with Gasteiger partial charge in [0.05, 0.1) is 11.3 Å². The summed E-state index contributed by atoms with van der Waals surface area (Å²) < 4.78 is 53.0. The molecule has 0 aromatic heterocycles. The van der Waals surface area contributed by atoms with Gasteiger partial charge in [0.1, 0.15) is 5.82 Å². The average Bonchev–Trinajstić information content (AvgIpc) is 3.54. The summed E-state index contributed by atoms with van der Waals surface area (Å²) in [5.74, 6) is -3.85. The normalized spacial score (nSPS) is 22.4. The molecular formula is C21H22F4N2O4. The van der Waals surface area contributed by atoms with Gasteiger partial charge in [-0.2, -0.15) is 13.2 Å². The maximum atomic E-state index is 14.6. The second-order valence-electron chi connectivity index (χ2n) is 8.55. The van der Waals surface area contributed by atoms with Gasteiger partial charge in [0, 0.05) is 11.1 Å². The fourth-order valence-corrected chi connectivity index (χ4v) is 4.41. The smallest absolute Gasteiger partial charge is 0.348 e. The molecule has 0 heterocycles. The van der Waals surface area contributed by atoms with Gasteiger partial charge < -0.3 is 25.7 Å². The third kappa shape index (κ3) is 3.43. The molecule has 2 aliphatic carbocycles. The van der Waals surface area contributed by atoms with E-state index in [1.165, 1.54) is 12.1 Å². The van der Waals surface area contributed by atoms with Crippen molar-refractivity contribution in [3.05, 3.63) is 59.9 Å². The standard InChI is InChI=1S/C21H22F4N2O4/c1-17(12-18(17)10-11-18)20(28,29)27(16-5-3-2-4-15(16)22)21(30,31)26-14-8-6-13(7-9-14)19(23,24)25/h2-9,26,28-31H,10-12H2,1H3. The Balaban J connectivity index is 1.72. The van der Waals surface area contributed by atoms with Gasteiger partial charge in [-0.05, 0) is 61.1 Å². The molecular weight excluding hydrogens is 420 g/mol. The number of nitrogens with one attached hydrogen (secondary N) is 1. The lowest BCUT2D eigenvalue weighted by Crippen LogP contribution is -2.68. The molecule has 168 valence electrons. The van der Waals surface area contributed by atoms with E-state index in [0.29, 0.717) is 24.2 Å². The topological polar surface area (TPSA) is 96.2 Å². The molecule has 2 aromatic carbocycles. The quantitative estimate of drug-likeness (QED) is 0.348. The Kier molecular flexibility index (Phi) is 4.61. The molecule has 0 radical (unpaired) electrons. The van der Waals surface area contributed by atoms with Crippen molar-refractivity contribution < 1.29 is 38.0 Å². The van der Waals surface area contributed by atoms with Crippen molar-refractivity contribution >= 4 is 11.4 Å². The maximum absolute atomic E-state index is 14.6. The number of aliphatic hydroxyl groups is 4. The molecule has 10 heteroatoms. The number of para-hydroxylation sites is 1. The Bertz CT molecular complexity index is 990. The van der Waals surface area contributed by atoms with Gasteiger partial charge in [-0.15, -0.1) is 0 Å². The molecule has 5 N–H and O–H groups in total. The van der Waals surface area contributed by atoms with Gasteiger partial charge in [-0.25, -0.2) is 9.29 Å². The predicted molar refractivity (Wildman–Crippen MR) is 103 cm³/mol. The second-order valence-corrected chi connectivity index (χ2v) is 8.55. The molecule has 6 nitrogen and oxygen atoms in total. The van der Waals surface area contributed by atoms with Crippen molar-refractivity contribution in [3.63, 3.8) is 0 Å². The molecule has 31 heavy (non-hydrogen) atoms. The van der Waals surface area contributed by atoms with Gasteiger partial charge >= 0.3 is 12.2 Å².